The zero-order chi connectivity index (χ0) is 13.5. The van der Waals surface area contributed by atoms with Crippen LogP contribution in [-0.4, -0.2) is 0 Å². The van der Waals surface area contributed by atoms with E-state index < -0.39 is 0 Å². The SMILES string of the molecule is CCCCCCC#CCCCC(CC)CCCC. The molecule has 0 spiro atoms. The van der Waals surface area contributed by atoms with Crippen molar-refractivity contribution in [3.8, 4) is 11.8 Å². The summed E-state index contributed by atoms with van der Waals surface area (Å²) in [5.41, 5.74) is 0. The van der Waals surface area contributed by atoms with Crippen molar-refractivity contribution in [2.24, 2.45) is 5.92 Å². The van der Waals surface area contributed by atoms with Crippen LogP contribution in [0, 0.1) is 17.8 Å². The highest BCUT2D eigenvalue weighted by molar-refractivity contribution is 4.98. The van der Waals surface area contributed by atoms with Crippen LogP contribution in [-0.2, 0) is 0 Å². The fraction of sp³-hybridized carbons (Fsp3) is 0.889. The molecule has 0 saturated heterocycles. The Hall–Kier alpha value is -0.440. The molecule has 0 bridgehead atoms. The van der Waals surface area contributed by atoms with E-state index in [0.29, 0.717) is 0 Å². The highest BCUT2D eigenvalue weighted by Gasteiger charge is 2.04. The quantitative estimate of drug-likeness (QED) is 0.296. The van der Waals surface area contributed by atoms with Crippen LogP contribution in [0.25, 0.3) is 0 Å². The molecule has 0 aliphatic rings. The van der Waals surface area contributed by atoms with Crippen molar-refractivity contribution in [3.05, 3.63) is 0 Å². The van der Waals surface area contributed by atoms with E-state index in [4.69, 9.17) is 0 Å². The molecule has 1 unspecified atom stereocenters. The lowest BCUT2D eigenvalue weighted by atomic mass is 9.94. The molecule has 0 aromatic carbocycles. The van der Waals surface area contributed by atoms with Gasteiger partial charge in [0.1, 0.15) is 0 Å². The zero-order valence-corrected chi connectivity index (χ0v) is 13.1. The number of rotatable bonds is 11. The van der Waals surface area contributed by atoms with Crippen molar-refractivity contribution in [3.63, 3.8) is 0 Å². The second-order valence-electron chi connectivity index (χ2n) is 5.47. The molecule has 0 heteroatoms. The first-order valence-corrected chi connectivity index (χ1v) is 8.30. The first-order chi connectivity index (χ1) is 8.85. The molecule has 0 fully saturated rings. The van der Waals surface area contributed by atoms with Crippen molar-refractivity contribution < 1.29 is 0 Å². The lowest BCUT2D eigenvalue weighted by Crippen LogP contribution is -1.98. The first-order valence-electron chi connectivity index (χ1n) is 8.30. The maximum atomic E-state index is 3.35. The van der Waals surface area contributed by atoms with E-state index >= 15 is 0 Å². The van der Waals surface area contributed by atoms with Crippen LogP contribution in [0.2, 0.25) is 0 Å². The monoisotopic (exact) mass is 250 g/mol. The predicted molar refractivity (Wildman–Crippen MR) is 83.7 cm³/mol. The van der Waals surface area contributed by atoms with E-state index in [9.17, 15) is 0 Å². The number of hydrogen-bond donors (Lipinski definition) is 0. The van der Waals surface area contributed by atoms with Crippen molar-refractivity contribution in [1.82, 2.24) is 0 Å². The molecule has 1 atom stereocenters. The minimum atomic E-state index is 0.955. The summed E-state index contributed by atoms with van der Waals surface area (Å²) in [5, 5.41) is 0. The standard InChI is InChI=1S/C18H34/c1-4-7-9-10-11-12-13-14-15-17-18(6-3)16-8-5-2/h18H,4-11,14-17H2,1-3H3. The van der Waals surface area contributed by atoms with E-state index in [1.54, 1.807) is 0 Å². The molecule has 0 aliphatic carbocycles. The van der Waals surface area contributed by atoms with Gasteiger partial charge in [0.15, 0.2) is 0 Å². The minimum Gasteiger partial charge on any atom is -0.103 e. The summed E-state index contributed by atoms with van der Waals surface area (Å²) in [7, 11) is 0. The summed E-state index contributed by atoms with van der Waals surface area (Å²) in [4.78, 5) is 0. The van der Waals surface area contributed by atoms with Crippen molar-refractivity contribution in [1.29, 1.82) is 0 Å². The molecule has 0 amide bonds. The van der Waals surface area contributed by atoms with Gasteiger partial charge >= 0.3 is 0 Å². The van der Waals surface area contributed by atoms with Crippen LogP contribution in [0.15, 0.2) is 0 Å². The van der Waals surface area contributed by atoms with Gasteiger partial charge in [0.2, 0.25) is 0 Å². The second-order valence-corrected chi connectivity index (χ2v) is 5.47. The molecule has 106 valence electrons. The third kappa shape index (κ3) is 12.0. The van der Waals surface area contributed by atoms with Crippen molar-refractivity contribution in [2.75, 3.05) is 0 Å². The maximum absolute atomic E-state index is 3.35. The lowest BCUT2D eigenvalue weighted by molar-refractivity contribution is 0.412. The van der Waals surface area contributed by atoms with E-state index in [2.05, 4.69) is 32.6 Å². The normalized spacial score (nSPS) is 11.9. The third-order valence-electron chi connectivity index (χ3n) is 3.74. The van der Waals surface area contributed by atoms with E-state index in [1.165, 1.54) is 64.2 Å². The van der Waals surface area contributed by atoms with Gasteiger partial charge in [0.25, 0.3) is 0 Å². The van der Waals surface area contributed by atoms with Crippen LogP contribution < -0.4 is 0 Å². The molecule has 0 aromatic heterocycles. The summed E-state index contributed by atoms with van der Waals surface area (Å²) in [5.74, 6) is 7.63. The molecule has 0 aliphatic heterocycles. The Morgan fingerprint density at radius 3 is 1.89 bits per heavy atom. The second kappa shape index (κ2) is 14.6. The largest absolute Gasteiger partial charge is 0.103 e. The lowest BCUT2D eigenvalue weighted by Gasteiger charge is -2.12. The highest BCUT2D eigenvalue weighted by atomic mass is 14.1. The van der Waals surface area contributed by atoms with E-state index in [1.807, 2.05) is 0 Å². The Balaban J connectivity index is 3.38. The minimum absolute atomic E-state index is 0.955. The van der Waals surface area contributed by atoms with E-state index in [0.717, 1.165) is 18.8 Å². The number of hydrogen-bond acceptors (Lipinski definition) is 0. The van der Waals surface area contributed by atoms with Gasteiger partial charge in [-0.1, -0.05) is 65.7 Å². The average molecular weight is 250 g/mol. The van der Waals surface area contributed by atoms with Crippen molar-refractivity contribution in [2.45, 2.75) is 97.8 Å². The Morgan fingerprint density at radius 2 is 1.28 bits per heavy atom. The van der Waals surface area contributed by atoms with Crippen LogP contribution >= 0.6 is 0 Å². The molecule has 0 aromatic rings. The Bertz CT molecular complexity index is 206. The topological polar surface area (TPSA) is 0 Å². The van der Waals surface area contributed by atoms with Gasteiger partial charge in [-0.25, -0.2) is 0 Å². The molecule has 0 heterocycles. The molecule has 18 heavy (non-hydrogen) atoms. The molecule has 0 radical (unpaired) electrons. The van der Waals surface area contributed by atoms with Gasteiger partial charge < -0.3 is 0 Å². The van der Waals surface area contributed by atoms with Crippen LogP contribution in [0.5, 0.6) is 0 Å². The van der Waals surface area contributed by atoms with Gasteiger partial charge in [-0.05, 0) is 25.2 Å². The average Bonchev–Trinajstić information content (AvgIpc) is 2.40. The fourth-order valence-corrected chi connectivity index (χ4v) is 2.34. The Labute approximate surface area is 116 Å². The zero-order valence-electron chi connectivity index (χ0n) is 13.1. The molecular formula is C18H34. The predicted octanol–water partition coefficient (Wildman–Crippen LogP) is 6.35. The Morgan fingerprint density at radius 1 is 0.667 bits per heavy atom. The van der Waals surface area contributed by atoms with Crippen molar-refractivity contribution >= 4 is 0 Å². The molecule has 0 nitrogen and oxygen atoms in total. The number of unbranched alkanes of at least 4 members (excludes halogenated alkanes) is 6. The summed E-state index contributed by atoms with van der Waals surface area (Å²) in [6.07, 6.45) is 15.8. The molecular weight excluding hydrogens is 216 g/mol. The smallest absolute Gasteiger partial charge is 0.00887 e. The summed E-state index contributed by atoms with van der Waals surface area (Å²) < 4.78 is 0. The summed E-state index contributed by atoms with van der Waals surface area (Å²) in [6.45, 7) is 6.88. The molecule has 0 rings (SSSR count). The molecule has 0 saturated carbocycles. The van der Waals surface area contributed by atoms with Gasteiger partial charge in [-0.15, -0.1) is 11.8 Å². The fourth-order valence-electron chi connectivity index (χ4n) is 2.34. The third-order valence-corrected chi connectivity index (χ3v) is 3.74. The van der Waals surface area contributed by atoms with Crippen LogP contribution in [0.4, 0.5) is 0 Å². The summed E-state index contributed by atoms with van der Waals surface area (Å²) in [6, 6.07) is 0. The van der Waals surface area contributed by atoms with Gasteiger partial charge in [-0.3, -0.25) is 0 Å². The molecule has 0 N–H and O–H groups in total. The highest BCUT2D eigenvalue weighted by Crippen LogP contribution is 2.18. The Kier molecular flexibility index (Phi) is 14.3. The van der Waals surface area contributed by atoms with Gasteiger partial charge in [-0.2, -0.15) is 0 Å². The first kappa shape index (κ1) is 17.6. The van der Waals surface area contributed by atoms with E-state index in [-0.39, 0.29) is 0 Å². The summed E-state index contributed by atoms with van der Waals surface area (Å²) >= 11 is 0. The van der Waals surface area contributed by atoms with Gasteiger partial charge in [0.05, 0.1) is 0 Å². The van der Waals surface area contributed by atoms with Crippen LogP contribution in [0.3, 0.4) is 0 Å². The maximum Gasteiger partial charge on any atom is 0.00887 e. The van der Waals surface area contributed by atoms with Crippen LogP contribution in [0.1, 0.15) is 97.8 Å². The van der Waals surface area contributed by atoms with Gasteiger partial charge in [0, 0.05) is 12.8 Å².